The van der Waals surface area contributed by atoms with E-state index in [0.29, 0.717) is 25.3 Å². The first-order valence-electron chi connectivity index (χ1n) is 8.05. The molecule has 0 spiro atoms. The Morgan fingerprint density at radius 3 is 2.54 bits per heavy atom. The molecule has 0 saturated carbocycles. The van der Waals surface area contributed by atoms with Crippen molar-refractivity contribution < 1.29 is 9.53 Å². The number of carbonyl (C=O) groups is 1. The third-order valence-electron chi connectivity index (χ3n) is 4.31. The zero-order valence-electron chi connectivity index (χ0n) is 13.3. The number of benzene rings is 1. The van der Waals surface area contributed by atoms with Crippen molar-refractivity contribution in [2.24, 2.45) is 0 Å². The van der Waals surface area contributed by atoms with Gasteiger partial charge in [-0.3, -0.25) is 4.79 Å². The summed E-state index contributed by atoms with van der Waals surface area (Å²) in [6, 6.07) is 9.57. The van der Waals surface area contributed by atoms with Crippen LogP contribution in [-0.2, 0) is 4.79 Å². The fraction of sp³-hybridized carbons (Fsp3) is 0.278. The predicted octanol–water partition coefficient (Wildman–Crippen LogP) is 1.60. The van der Waals surface area contributed by atoms with Gasteiger partial charge in [-0.15, -0.1) is 0 Å². The van der Waals surface area contributed by atoms with Gasteiger partial charge in [0.15, 0.2) is 0 Å². The van der Waals surface area contributed by atoms with Crippen molar-refractivity contribution in [1.29, 1.82) is 0 Å². The lowest BCUT2D eigenvalue weighted by Crippen LogP contribution is -2.50. The van der Waals surface area contributed by atoms with E-state index in [1.165, 1.54) is 0 Å². The van der Waals surface area contributed by atoms with E-state index >= 15 is 0 Å². The highest BCUT2D eigenvalue weighted by molar-refractivity contribution is 5.99. The summed E-state index contributed by atoms with van der Waals surface area (Å²) in [4.78, 5) is 25.2. The molecular formula is C18H18N4O2. The van der Waals surface area contributed by atoms with E-state index < -0.39 is 0 Å². The van der Waals surface area contributed by atoms with Crippen molar-refractivity contribution in [3.05, 3.63) is 53.9 Å². The Morgan fingerprint density at radius 2 is 1.75 bits per heavy atom. The average Bonchev–Trinajstić information content (AvgIpc) is 2.68. The minimum atomic E-state index is 0.0538. The van der Waals surface area contributed by atoms with Gasteiger partial charge < -0.3 is 14.5 Å². The van der Waals surface area contributed by atoms with E-state index in [0.717, 1.165) is 30.4 Å². The number of hydrogen-bond donors (Lipinski definition) is 0. The van der Waals surface area contributed by atoms with Gasteiger partial charge in [-0.25, -0.2) is 9.97 Å². The second-order valence-electron chi connectivity index (χ2n) is 5.82. The maximum atomic E-state index is 12.7. The second kappa shape index (κ2) is 6.31. The van der Waals surface area contributed by atoms with E-state index in [9.17, 15) is 4.79 Å². The molecule has 2 aromatic rings. The molecule has 0 radical (unpaired) electrons. The lowest BCUT2D eigenvalue weighted by molar-refractivity contribution is -0.127. The third kappa shape index (κ3) is 2.82. The first-order chi connectivity index (χ1) is 11.8. The lowest BCUT2D eigenvalue weighted by Gasteiger charge is -2.35. The van der Waals surface area contributed by atoms with Gasteiger partial charge in [0.1, 0.15) is 12.4 Å². The number of rotatable bonds is 2. The van der Waals surface area contributed by atoms with Crippen LogP contribution in [0.4, 0.5) is 5.95 Å². The van der Waals surface area contributed by atoms with Crippen molar-refractivity contribution in [3.63, 3.8) is 0 Å². The average molecular weight is 322 g/mol. The summed E-state index contributed by atoms with van der Waals surface area (Å²) in [7, 11) is 0. The van der Waals surface area contributed by atoms with Crippen LogP contribution >= 0.6 is 0 Å². The summed E-state index contributed by atoms with van der Waals surface area (Å²) >= 11 is 0. The molecule has 1 amide bonds. The molecule has 24 heavy (non-hydrogen) atoms. The number of piperazine rings is 1. The van der Waals surface area contributed by atoms with Crippen molar-refractivity contribution in [3.8, 4) is 5.75 Å². The van der Waals surface area contributed by atoms with E-state index in [2.05, 4.69) is 14.9 Å². The third-order valence-corrected chi connectivity index (χ3v) is 4.31. The molecule has 1 aromatic carbocycles. The van der Waals surface area contributed by atoms with E-state index in [1.807, 2.05) is 35.2 Å². The van der Waals surface area contributed by atoms with Crippen LogP contribution in [0.2, 0.25) is 0 Å². The molecule has 1 fully saturated rings. The van der Waals surface area contributed by atoms with Crippen LogP contribution in [0.3, 0.4) is 0 Å². The quantitative estimate of drug-likeness (QED) is 0.840. The van der Waals surface area contributed by atoms with Crippen LogP contribution in [0, 0.1) is 0 Å². The summed E-state index contributed by atoms with van der Waals surface area (Å²) in [5.41, 5.74) is 1.67. The Balaban J connectivity index is 1.43. The highest BCUT2D eigenvalue weighted by atomic mass is 16.5. The van der Waals surface area contributed by atoms with Crippen molar-refractivity contribution in [2.45, 2.75) is 0 Å². The molecule has 0 aliphatic carbocycles. The minimum Gasteiger partial charge on any atom is -0.488 e. The molecule has 6 heteroatoms. The molecule has 0 bridgehead atoms. The molecule has 0 unspecified atom stereocenters. The normalized spacial score (nSPS) is 16.9. The molecule has 0 atom stereocenters. The van der Waals surface area contributed by atoms with Gasteiger partial charge in [-0.1, -0.05) is 18.2 Å². The van der Waals surface area contributed by atoms with E-state index in [4.69, 9.17) is 4.74 Å². The number of anilines is 1. The van der Waals surface area contributed by atoms with Crippen LogP contribution < -0.4 is 9.64 Å². The monoisotopic (exact) mass is 322 g/mol. The van der Waals surface area contributed by atoms with Gasteiger partial charge in [0.2, 0.25) is 5.95 Å². The zero-order chi connectivity index (χ0) is 16.4. The summed E-state index contributed by atoms with van der Waals surface area (Å²) in [5.74, 6) is 1.61. The number of amides is 1. The number of fused-ring (bicyclic) bond motifs is 1. The maximum absolute atomic E-state index is 12.7. The molecule has 1 saturated heterocycles. The molecule has 1 aromatic heterocycles. The van der Waals surface area contributed by atoms with E-state index in [1.54, 1.807) is 18.5 Å². The smallest absolute Gasteiger partial charge is 0.253 e. The largest absolute Gasteiger partial charge is 0.488 e. The summed E-state index contributed by atoms with van der Waals surface area (Å²) < 4.78 is 5.69. The van der Waals surface area contributed by atoms with Crippen LogP contribution in [0.5, 0.6) is 5.75 Å². The van der Waals surface area contributed by atoms with Gasteiger partial charge in [0.05, 0.1) is 5.57 Å². The number of nitrogens with zero attached hydrogens (tertiary/aromatic N) is 4. The van der Waals surface area contributed by atoms with Crippen LogP contribution in [-0.4, -0.2) is 53.6 Å². The summed E-state index contributed by atoms with van der Waals surface area (Å²) in [6.07, 6.45) is 5.41. The van der Waals surface area contributed by atoms with Gasteiger partial charge in [0, 0.05) is 44.1 Å². The number of carbonyl (C=O) groups excluding carboxylic acids is 1. The highest BCUT2D eigenvalue weighted by Crippen LogP contribution is 2.26. The summed E-state index contributed by atoms with van der Waals surface area (Å²) in [6.45, 7) is 3.13. The first-order valence-corrected chi connectivity index (χ1v) is 8.05. The number of hydrogen-bond acceptors (Lipinski definition) is 5. The Hall–Kier alpha value is -2.89. The molecule has 122 valence electrons. The summed E-state index contributed by atoms with van der Waals surface area (Å²) in [5, 5.41) is 0. The predicted molar refractivity (Wildman–Crippen MR) is 90.7 cm³/mol. The van der Waals surface area contributed by atoms with Crippen molar-refractivity contribution in [2.75, 3.05) is 37.7 Å². The lowest BCUT2D eigenvalue weighted by atomic mass is 10.1. The van der Waals surface area contributed by atoms with Gasteiger partial charge in [-0.05, 0) is 18.2 Å². The molecule has 0 N–H and O–H groups in total. The van der Waals surface area contributed by atoms with Crippen LogP contribution in [0.25, 0.3) is 6.08 Å². The maximum Gasteiger partial charge on any atom is 0.253 e. The highest BCUT2D eigenvalue weighted by Gasteiger charge is 2.26. The number of para-hydroxylation sites is 1. The second-order valence-corrected chi connectivity index (χ2v) is 5.82. The first kappa shape index (κ1) is 14.7. The van der Waals surface area contributed by atoms with Gasteiger partial charge in [-0.2, -0.15) is 0 Å². The van der Waals surface area contributed by atoms with E-state index in [-0.39, 0.29) is 5.91 Å². The Bertz CT molecular complexity index is 768. The minimum absolute atomic E-state index is 0.0538. The molecule has 4 rings (SSSR count). The Labute approximate surface area is 140 Å². The van der Waals surface area contributed by atoms with Gasteiger partial charge >= 0.3 is 0 Å². The van der Waals surface area contributed by atoms with Crippen LogP contribution in [0.1, 0.15) is 5.56 Å². The standard InChI is InChI=1S/C18H18N4O2/c23-17(15-12-14-4-1-2-5-16(14)24-13-15)21-8-10-22(11-9-21)18-19-6-3-7-20-18/h1-7,12H,8-11,13H2. The zero-order valence-corrected chi connectivity index (χ0v) is 13.3. The molecular weight excluding hydrogens is 304 g/mol. The Morgan fingerprint density at radius 1 is 1.00 bits per heavy atom. The van der Waals surface area contributed by atoms with Crippen LogP contribution in [0.15, 0.2) is 48.3 Å². The SMILES string of the molecule is O=C(C1=Cc2ccccc2OC1)N1CCN(c2ncccn2)CC1. The molecule has 2 aliphatic rings. The molecule has 2 aliphatic heterocycles. The fourth-order valence-corrected chi connectivity index (χ4v) is 3.01. The Kier molecular flexibility index (Phi) is 3.86. The van der Waals surface area contributed by atoms with Crippen molar-refractivity contribution >= 4 is 17.9 Å². The molecule has 6 nitrogen and oxygen atoms in total. The fourth-order valence-electron chi connectivity index (χ4n) is 3.01. The van der Waals surface area contributed by atoms with Crippen molar-refractivity contribution in [1.82, 2.24) is 14.9 Å². The number of aromatic nitrogens is 2. The number of ether oxygens (including phenoxy) is 1. The molecule has 3 heterocycles. The topological polar surface area (TPSA) is 58.6 Å². The van der Waals surface area contributed by atoms with Gasteiger partial charge in [0.25, 0.3) is 5.91 Å².